The van der Waals surface area contributed by atoms with E-state index in [4.69, 9.17) is 9.47 Å². The van der Waals surface area contributed by atoms with Gasteiger partial charge in [0, 0.05) is 6.07 Å². The van der Waals surface area contributed by atoms with E-state index in [1.165, 1.54) is 0 Å². The second-order valence-electron chi connectivity index (χ2n) is 4.27. The maximum atomic E-state index is 9.65. The van der Waals surface area contributed by atoms with Gasteiger partial charge in [0.2, 0.25) is 0 Å². The number of hydrogen-bond donors (Lipinski definition) is 1. The summed E-state index contributed by atoms with van der Waals surface area (Å²) in [6, 6.07) is 7.38. The van der Waals surface area contributed by atoms with Crippen LogP contribution in [0, 0.1) is 5.92 Å². The average Bonchev–Trinajstić information content (AvgIpc) is 2.26. The topological polar surface area (TPSA) is 38.7 Å². The summed E-state index contributed by atoms with van der Waals surface area (Å²) in [6.45, 7) is 4.48. The number of ether oxygens (including phenoxy) is 2. The van der Waals surface area contributed by atoms with Crippen LogP contribution in [0.15, 0.2) is 24.3 Å². The molecule has 3 heteroatoms. The van der Waals surface area contributed by atoms with Gasteiger partial charge >= 0.3 is 0 Å². The Kier molecular flexibility index (Phi) is 5.12. The van der Waals surface area contributed by atoms with E-state index < -0.39 is 6.10 Å². The molecule has 0 saturated heterocycles. The lowest BCUT2D eigenvalue weighted by atomic mass is 10.1. The normalized spacial score (nSPS) is 12.6. The first kappa shape index (κ1) is 12.8. The third kappa shape index (κ3) is 4.53. The second kappa shape index (κ2) is 6.38. The van der Waals surface area contributed by atoms with Crippen LogP contribution in [0.3, 0.4) is 0 Å². The highest BCUT2D eigenvalue weighted by atomic mass is 16.5. The molecular formula is C13H20O3. The van der Waals surface area contributed by atoms with Crippen molar-refractivity contribution in [3.05, 3.63) is 24.3 Å². The van der Waals surface area contributed by atoms with Crippen LogP contribution in [0.4, 0.5) is 0 Å². The minimum Gasteiger partial charge on any atom is -0.497 e. The number of aliphatic hydroxyl groups excluding tert-OH is 1. The van der Waals surface area contributed by atoms with Crippen molar-refractivity contribution in [2.24, 2.45) is 5.92 Å². The van der Waals surface area contributed by atoms with E-state index in [-0.39, 0.29) is 0 Å². The Labute approximate surface area is 97.0 Å². The lowest BCUT2D eigenvalue weighted by Crippen LogP contribution is -2.19. The predicted octanol–water partition coefficient (Wildman–Crippen LogP) is 2.48. The van der Waals surface area contributed by atoms with Crippen molar-refractivity contribution in [1.29, 1.82) is 0 Å². The molecule has 1 aromatic carbocycles. The molecule has 0 aromatic heterocycles. The number of aliphatic hydroxyl groups is 1. The fraction of sp³-hybridized carbons (Fsp3) is 0.538. The summed E-state index contributed by atoms with van der Waals surface area (Å²) in [7, 11) is 1.62. The van der Waals surface area contributed by atoms with E-state index in [9.17, 15) is 5.11 Å². The lowest BCUT2D eigenvalue weighted by molar-refractivity contribution is 0.0891. The van der Waals surface area contributed by atoms with Crippen molar-refractivity contribution in [3.63, 3.8) is 0 Å². The number of rotatable bonds is 6. The monoisotopic (exact) mass is 224 g/mol. The Morgan fingerprint density at radius 1 is 1.25 bits per heavy atom. The largest absolute Gasteiger partial charge is 0.497 e. The molecule has 0 radical (unpaired) electrons. The maximum absolute atomic E-state index is 9.65. The second-order valence-corrected chi connectivity index (χ2v) is 4.27. The highest BCUT2D eigenvalue weighted by Crippen LogP contribution is 2.19. The van der Waals surface area contributed by atoms with Crippen molar-refractivity contribution in [1.82, 2.24) is 0 Å². The summed E-state index contributed by atoms with van der Waals surface area (Å²) in [5.41, 5.74) is 0. The molecule has 0 spiro atoms. The fourth-order valence-corrected chi connectivity index (χ4v) is 1.50. The standard InChI is InChI=1S/C13H20O3/c1-10(2)7-11(14)9-16-13-6-4-5-12(8-13)15-3/h4-6,8,10-11,14H,7,9H2,1-3H3. The van der Waals surface area contributed by atoms with Crippen LogP contribution in [0.2, 0.25) is 0 Å². The SMILES string of the molecule is COc1cccc(OCC(O)CC(C)C)c1. The van der Waals surface area contributed by atoms with Gasteiger partial charge in [0.25, 0.3) is 0 Å². The summed E-state index contributed by atoms with van der Waals surface area (Å²) in [6.07, 6.45) is 0.343. The molecule has 0 heterocycles. The van der Waals surface area contributed by atoms with Gasteiger partial charge in [0.05, 0.1) is 13.2 Å². The van der Waals surface area contributed by atoms with E-state index in [2.05, 4.69) is 13.8 Å². The molecule has 90 valence electrons. The Bertz CT molecular complexity index is 310. The smallest absolute Gasteiger partial charge is 0.123 e. The third-order valence-corrected chi connectivity index (χ3v) is 2.23. The summed E-state index contributed by atoms with van der Waals surface area (Å²) < 4.78 is 10.6. The number of benzene rings is 1. The zero-order valence-electron chi connectivity index (χ0n) is 10.1. The Morgan fingerprint density at radius 3 is 2.56 bits per heavy atom. The zero-order chi connectivity index (χ0) is 12.0. The van der Waals surface area contributed by atoms with Gasteiger partial charge in [-0.25, -0.2) is 0 Å². The van der Waals surface area contributed by atoms with Gasteiger partial charge in [0.1, 0.15) is 18.1 Å². The first-order valence-corrected chi connectivity index (χ1v) is 5.56. The van der Waals surface area contributed by atoms with Gasteiger partial charge in [-0.1, -0.05) is 19.9 Å². The van der Waals surface area contributed by atoms with Crippen LogP contribution >= 0.6 is 0 Å². The van der Waals surface area contributed by atoms with Gasteiger partial charge in [0.15, 0.2) is 0 Å². The molecule has 0 saturated carbocycles. The van der Waals surface area contributed by atoms with Crippen molar-refractivity contribution in [2.75, 3.05) is 13.7 Å². The number of methoxy groups -OCH3 is 1. The van der Waals surface area contributed by atoms with Crippen molar-refractivity contribution in [3.8, 4) is 11.5 Å². The molecule has 16 heavy (non-hydrogen) atoms. The zero-order valence-corrected chi connectivity index (χ0v) is 10.1. The van der Waals surface area contributed by atoms with E-state index in [0.29, 0.717) is 12.5 Å². The molecule has 0 fully saturated rings. The highest BCUT2D eigenvalue weighted by molar-refractivity contribution is 5.32. The first-order chi connectivity index (χ1) is 7.61. The van der Waals surface area contributed by atoms with Crippen molar-refractivity contribution < 1.29 is 14.6 Å². The molecule has 0 aliphatic heterocycles. The Hall–Kier alpha value is -1.22. The van der Waals surface area contributed by atoms with Crippen molar-refractivity contribution >= 4 is 0 Å². The fourth-order valence-electron chi connectivity index (χ4n) is 1.50. The molecule has 3 nitrogen and oxygen atoms in total. The summed E-state index contributed by atoms with van der Waals surface area (Å²) >= 11 is 0. The summed E-state index contributed by atoms with van der Waals surface area (Å²) in [5.74, 6) is 1.96. The lowest BCUT2D eigenvalue weighted by Gasteiger charge is -2.14. The molecule has 0 amide bonds. The molecule has 1 atom stereocenters. The van der Waals surface area contributed by atoms with Crippen molar-refractivity contribution in [2.45, 2.75) is 26.4 Å². The van der Waals surface area contributed by atoms with Crippen LogP contribution < -0.4 is 9.47 Å². The quantitative estimate of drug-likeness (QED) is 0.806. The van der Waals surface area contributed by atoms with E-state index in [1.807, 2.05) is 24.3 Å². The van der Waals surface area contributed by atoms with E-state index >= 15 is 0 Å². The van der Waals surface area contributed by atoms with Crippen LogP contribution in [0.25, 0.3) is 0 Å². The van der Waals surface area contributed by atoms with E-state index in [1.54, 1.807) is 7.11 Å². The first-order valence-electron chi connectivity index (χ1n) is 5.56. The van der Waals surface area contributed by atoms with E-state index in [0.717, 1.165) is 17.9 Å². The van der Waals surface area contributed by atoms with Gasteiger partial charge < -0.3 is 14.6 Å². The summed E-state index contributed by atoms with van der Waals surface area (Å²) in [4.78, 5) is 0. The number of hydrogen-bond acceptors (Lipinski definition) is 3. The van der Waals surface area contributed by atoms with Crippen LogP contribution in [0.1, 0.15) is 20.3 Å². The Morgan fingerprint density at radius 2 is 1.94 bits per heavy atom. The molecule has 1 unspecified atom stereocenters. The summed E-state index contributed by atoms with van der Waals surface area (Å²) in [5, 5.41) is 9.65. The molecular weight excluding hydrogens is 204 g/mol. The van der Waals surface area contributed by atoms with Crippen LogP contribution in [0.5, 0.6) is 11.5 Å². The highest BCUT2D eigenvalue weighted by Gasteiger charge is 2.07. The van der Waals surface area contributed by atoms with Crippen LogP contribution in [-0.2, 0) is 0 Å². The average molecular weight is 224 g/mol. The maximum Gasteiger partial charge on any atom is 0.123 e. The predicted molar refractivity (Wildman–Crippen MR) is 64.0 cm³/mol. The van der Waals surface area contributed by atoms with Gasteiger partial charge in [-0.05, 0) is 24.5 Å². The Balaban J connectivity index is 2.41. The molecule has 1 rings (SSSR count). The molecule has 1 N–H and O–H groups in total. The minimum atomic E-state index is -0.411. The minimum absolute atomic E-state index is 0.325. The molecule has 0 bridgehead atoms. The van der Waals surface area contributed by atoms with Gasteiger partial charge in [-0.3, -0.25) is 0 Å². The van der Waals surface area contributed by atoms with Gasteiger partial charge in [-0.15, -0.1) is 0 Å². The molecule has 0 aliphatic carbocycles. The molecule has 0 aliphatic rings. The third-order valence-electron chi connectivity index (χ3n) is 2.23. The molecule has 1 aromatic rings. The van der Waals surface area contributed by atoms with Crippen LogP contribution in [-0.4, -0.2) is 24.9 Å². The van der Waals surface area contributed by atoms with Gasteiger partial charge in [-0.2, -0.15) is 0 Å².